The van der Waals surface area contributed by atoms with Crippen LogP contribution in [-0.4, -0.2) is 24.2 Å². The summed E-state index contributed by atoms with van der Waals surface area (Å²) in [5.74, 6) is 0.119. The van der Waals surface area contributed by atoms with Crippen LogP contribution in [0.15, 0.2) is 42.6 Å². The van der Waals surface area contributed by atoms with Gasteiger partial charge in [0.05, 0.1) is 6.61 Å². The number of hydrogen-bond donors (Lipinski definition) is 2. The van der Waals surface area contributed by atoms with E-state index in [0.29, 0.717) is 31.1 Å². The Morgan fingerprint density at radius 3 is 2.77 bits per heavy atom. The highest BCUT2D eigenvalue weighted by atomic mass is 19.1. The van der Waals surface area contributed by atoms with Crippen molar-refractivity contribution in [3.05, 3.63) is 54.0 Å². The summed E-state index contributed by atoms with van der Waals surface area (Å²) >= 11 is 0. The topological polar surface area (TPSA) is 63.2 Å². The van der Waals surface area contributed by atoms with E-state index >= 15 is 0 Å². The number of carbonyl (C=O) groups is 1. The molecule has 2 rings (SSSR count). The minimum atomic E-state index is -0.337. The molecule has 1 aromatic heterocycles. The molecule has 0 saturated heterocycles. The summed E-state index contributed by atoms with van der Waals surface area (Å²) in [6.07, 6.45) is 2.22. The monoisotopic (exact) mass is 303 g/mol. The fourth-order valence-corrected chi connectivity index (χ4v) is 1.88. The molecule has 0 spiro atoms. The molecule has 0 aliphatic rings. The molecule has 0 bridgehead atoms. The number of hydrogen-bond acceptors (Lipinski definition) is 3. The molecule has 2 aromatic rings. The molecule has 5 nitrogen and oxygen atoms in total. The smallest absolute Gasteiger partial charge is 0.319 e. The molecular weight excluding hydrogens is 285 g/mol. The zero-order valence-corrected chi connectivity index (χ0v) is 12.3. The molecule has 0 atom stereocenters. The lowest BCUT2D eigenvalue weighted by Crippen LogP contribution is -2.30. The first kappa shape index (κ1) is 15.8. The van der Waals surface area contributed by atoms with Gasteiger partial charge >= 0.3 is 6.03 Å². The van der Waals surface area contributed by atoms with Gasteiger partial charge in [0.15, 0.2) is 0 Å². The van der Waals surface area contributed by atoms with Crippen LogP contribution in [0.5, 0.6) is 5.88 Å². The van der Waals surface area contributed by atoms with Crippen LogP contribution < -0.4 is 15.4 Å². The van der Waals surface area contributed by atoms with Gasteiger partial charge in [-0.25, -0.2) is 14.2 Å². The van der Waals surface area contributed by atoms with Gasteiger partial charge in [-0.05, 0) is 43.2 Å². The van der Waals surface area contributed by atoms with E-state index < -0.39 is 0 Å². The normalized spacial score (nSPS) is 10.1. The second-order valence-corrected chi connectivity index (χ2v) is 4.55. The van der Waals surface area contributed by atoms with E-state index in [1.54, 1.807) is 30.5 Å². The van der Waals surface area contributed by atoms with Crippen molar-refractivity contribution >= 4 is 11.7 Å². The highest BCUT2D eigenvalue weighted by molar-refractivity contribution is 5.90. The molecule has 0 saturated carbocycles. The molecule has 0 fully saturated rings. The Kier molecular flexibility index (Phi) is 5.71. The van der Waals surface area contributed by atoms with Gasteiger partial charge in [0.2, 0.25) is 5.88 Å². The van der Waals surface area contributed by atoms with Crippen molar-refractivity contribution in [3.8, 4) is 5.88 Å². The predicted octanol–water partition coefficient (Wildman–Crippen LogP) is 2.98. The average molecular weight is 303 g/mol. The molecule has 0 radical (unpaired) electrons. The van der Waals surface area contributed by atoms with Crippen molar-refractivity contribution in [2.24, 2.45) is 0 Å². The van der Waals surface area contributed by atoms with E-state index in [4.69, 9.17) is 4.74 Å². The van der Waals surface area contributed by atoms with E-state index in [0.717, 1.165) is 5.56 Å². The number of rotatable bonds is 6. The number of carbonyl (C=O) groups excluding carboxylic acids is 1. The Bertz CT molecular complexity index is 617. The minimum Gasteiger partial charge on any atom is -0.476 e. The third-order valence-corrected chi connectivity index (χ3v) is 2.91. The van der Waals surface area contributed by atoms with Crippen molar-refractivity contribution in [1.82, 2.24) is 10.3 Å². The molecule has 0 aliphatic heterocycles. The van der Waals surface area contributed by atoms with Crippen LogP contribution in [0.1, 0.15) is 12.5 Å². The zero-order valence-electron chi connectivity index (χ0n) is 12.3. The van der Waals surface area contributed by atoms with Crippen molar-refractivity contribution in [2.45, 2.75) is 13.3 Å². The van der Waals surface area contributed by atoms with Gasteiger partial charge in [-0.3, -0.25) is 0 Å². The number of ether oxygens (including phenoxy) is 1. The van der Waals surface area contributed by atoms with Crippen LogP contribution in [-0.2, 0) is 6.42 Å². The number of nitrogens with one attached hydrogen (secondary N) is 2. The van der Waals surface area contributed by atoms with Gasteiger partial charge < -0.3 is 15.4 Å². The quantitative estimate of drug-likeness (QED) is 0.862. The molecule has 0 aliphatic carbocycles. The number of anilines is 1. The largest absolute Gasteiger partial charge is 0.476 e. The Morgan fingerprint density at radius 1 is 1.27 bits per heavy atom. The number of urea groups is 1. The average Bonchev–Trinajstić information content (AvgIpc) is 2.51. The second-order valence-electron chi connectivity index (χ2n) is 4.55. The van der Waals surface area contributed by atoms with Gasteiger partial charge in [0.25, 0.3) is 0 Å². The summed E-state index contributed by atoms with van der Waals surface area (Å²) in [5, 5.41) is 5.43. The van der Waals surface area contributed by atoms with Crippen molar-refractivity contribution in [1.29, 1.82) is 0 Å². The van der Waals surface area contributed by atoms with Gasteiger partial charge in [-0.2, -0.15) is 0 Å². The van der Waals surface area contributed by atoms with Gasteiger partial charge in [-0.1, -0.05) is 12.1 Å². The van der Waals surface area contributed by atoms with Crippen LogP contribution in [0.3, 0.4) is 0 Å². The highest BCUT2D eigenvalue weighted by Gasteiger charge is 2.07. The lowest BCUT2D eigenvalue weighted by atomic mass is 10.1. The number of amides is 2. The number of aromatic nitrogens is 1. The Hall–Kier alpha value is -2.63. The van der Waals surface area contributed by atoms with Gasteiger partial charge in [-0.15, -0.1) is 0 Å². The number of benzene rings is 1. The summed E-state index contributed by atoms with van der Waals surface area (Å²) < 4.78 is 18.1. The third kappa shape index (κ3) is 4.73. The van der Waals surface area contributed by atoms with Crippen LogP contribution in [0.2, 0.25) is 0 Å². The summed E-state index contributed by atoms with van der Waals surface area (Å²) in [6, 6.07) is 9.30. The molecule has 1 heterocycles. The van der Waals surface area contributed by atoms with Crippen molar-refractivity contribution in [3.63, 3.8) is 0 Å². The molecule has 116 valence electrons. The van der Waals surface area contributed by atoms with Crippen molar-refractivity contribution < 1.29 is 13.9 Å². The second kappa shape index (κ2) is 7.97. The maximum Gasteiger partial charge on any atom is 0.319 e. The van der Waals surface area contributed by atoms with Crippen LogP contribution in [0.4, 0.5) is 14.9 Å². The SMILES string of the molecule is CCOc1ncccc1NC(=O)NCCc1ccc(F)cc1. The fraction of sp³-hybridized carbons (Fsp3) is 0.250. The minimum absolute atomic E-state index is 0.269. The van der Waals surface area contributed by atoms with E-state index in [1.807, 2.05) is 6.92 Å². The van der Waals surface area contributed by atoms with Crippen molar-refractivity contribution in [2.75, 3.05) is 18.5 Å². The summed E-state index contributed by atoms with van der Waals surface area (Å²) in [7, 11) is 0. The van der Waals surface area contributed by atoms with Crippen LogP contribution in [0, 0.1) is 5.82 Å². The van der Waals surface area contributed by atoms with E-state index in [1.165, 1.54) is 12.1 Å². The molecule has 2 amide bonds. The molecule has 22 heavy (non-hydrogen) atoms. The molecule has 0 unspecified atom stereocenters. The third-order valence-electron chi connectivity index (χ3n) is 2.91. The summed E-state index contributed by atoms with van der Waals surface area (Å²) in [5.41, 5.74) is 1.47. The lowest BCUT2D eigenvalue weighted by molar-refractivity contribution is 0.252. The first-order valence-corrected chi connectivity index (χ1v) is 7.06. The zero-order chi connectivity index (χ0) is 15.8. The molecular formula is C16H18FN3O2. The maximum absolute atomic E-state index is 12.8. The van der Waals surface area contributed by atoms with E-state index in [-0.39, 0.29) is 11.8 Å². The van der Waals surface area contributed by atoms with Gasteiger partial charge in [0.1, 0.15) is 11.5 Å². The fourth-order valence-electron chi connectivity index (χ4n) is 1.88. The number of halogens is 1. The maximum atomic E-state index is 12.8. The molecule has 2 N–H and O–H groups in total. The lowest BCUT2D eigenvalue weighted by Gasteiger charge is -2.11. The summed E-state index contributed by atoms with van der Waals surface area (Å²) in [6.45, 7) is 2.76. The molecule has 1 aromatic carbocycles. The predicted molar refractivity (Wildman–Crippen MR) is 82.5 cm³/mol. The highest BCUT2D eigenvalue weighted by Crippen LogP contribution is 2.20. The Balaban J connectivity index is 1.82. The first-order chi connectivity index (χ1) is 10.7. The molecule has 6 heteroatoms. The van der Waals surface area contributed by atoms with E-state index in [2.05, 4.69) is 15.6 Å². The number of nitrogens with zero attached hydrogens (tertiary/aromatic N) is 1. The van der Waals surface area contributed by atoms with Gasteiger partial charge in [0, 0.05) is 12.7 Å². The van der Waals surface area contributed by atoms with Crippen LogP contribution in [0.25, 0.3) is 0 Å². The summed E-state index contributed by atoms with van der Waals surface area (Å²) in [4.78, 5) is 15.9. The van der Waals surface area contributed by atoms with Crippen LogP contribution >= 0.6 is 0 Å². The first-order valence-electron chi connectivity index (χ1n) is 7.06. The Labute approximate surface area is 128 Å². The number of pyridine rings is 1. The standard InChI is InChI=1S/C16H18FN3O2/c1-2-22-15-14(4-3-10-18-15)20-16(21)19-11-9-12-5-7-13(17)8-6-12/h3-8,10H,2,9,11H2,1H3,(H2,19,20,21). The van der Waals surface area contributed by atoms with E-state index in [9.17, 15) is 9.18 Å². The Morgan fingerprint density at radius 2 is 2.05 bits per heavy atom.